The lowest BCUT2D eigenvalue weighted by Crippen LogP contribution is -2.47. The summed E-state index contributed by atoms with van der Waals surface area (Å²) in [4.78, 5) is 22.8. The number of carboxylic acid groups (broad SMARTS) is 1. The van der Waals surface area contributed by atoms with E-state index in [1.165, 1.54) is 0 Å². The number of benzene rings is 2. The topological polar surface area (TPSA) is 122 Å². The molecule has 0 aromatic heterocycles. The molecule has 2 aliphatic rings. The number of hydrogen-bond acceptors (Lipinski definition) is 6. The number of ether oxygens (including phenoxy) is 2. The molecule has 0 radical (unpaired) electrons. The molecule has 2 atom stereocenters. The number of carbonyl (C=O) groups excluding carboxylic acids is 1. The maximum absolute atomic E-state index is 14.0. The summed E-state index contributed by atoms with van der Waals surface area (Å²) in [7, 11) is -4.92. The largest absolute Gasteiger partial charge is 0.486 e. The molecule has 9 nitrogen and oxygen atoms in total. The Kier molecular flexibility index (Phi) is 8.27. The number of fused-ring (bicyclic) bond motifs is 1. The molecule has 2 aromatic rings. The van der Waals surface area contributed by atoms with Crippen LogP contribution in [0, 0.1) is 17.7 Å². The van der Waals surface area contributed by atoms with Crippen LogP contribution in [0.4, 0.5) is 46.9 Å². The van der Waals surface area contributed by atoms with Crippen molar-refractivity contribution in [3.05, 3.63) is 47.8 Å². The normalized spacial score (nSPS) is 18.3. The van der Waals surface area contributed by atoms with Crippen molar-refractivity contribution in [2.75, 3.05) is 16.2 Å². The molecule has 2 N–H and O–H groups in total. The van der Waals surface area contributed by atoms with Crippen LogP contribution in [0.15, 0.2) is 41.3 Å². The summed E-state index contributed by atoms with van der Waals surface area (Å²) in [6, 6.07) is 4.37. The first kappa shape index (κ1) is 32.2. The molecular formula is C26H25F7N2O7S. The van der Waals surface area contributed by atoms with Gasteiger partial charge >= 0.3 is 24.4 Å². The third-order valence-electron chi connectivity index (χ3n) is 7.08. The first-order chi connectivity index (χ1) is 19.7. The van der Waals surface area contributed by atoms with Gasteiger partial charge in [-0.2, -0.15) is 26.3 Å². The van der Waals surface area contributed by atoms with Crippen LogP contribution in [0.25, 0.3) is 0 Å². The summed E-state index contributed by atoms with van der Waals surface area (Å²) < 4.78 is 132. The second-order valence-corrected chi connectivity index (χ2v) is 12.5. The fourth-order valence-electron chi connectivity index (χ4n) is 4.57. The Morgan fingerprint density at radius 1 is 1.09 bits per heavy atom. The number of anilines is 2. The van der Waals surface area contributed by atoms with Gasteiger partial charge in [0.1, 0.15) is 17.7 Å². The van der Waals surface area contributed by atoms with Gasteiger partial charge in [0, 0.05) is 11.6 Å². The second kappa shape index (κ2) is 11.1. The van der Waals surface area contributed by atoms with Gasteiger partial charge in [0.2, 0.25) is 5.60 Å². The highest BCUT2D eigenvalue weighted by molar-refractivity contribution is 7.92. The van der Waals surface area contributed by atoms with Crippen molar-refractivity contribution in [2.24, 2.45) is 11.8 Å². The highest BCUT2D eigenvalue weighted by Gasteiger charge is 2.51. The monoisotopic (exact) mass is 642 g/mol. The molecule has 0 spiro atoms. The smallest absolute Gasteiger partial charge is 0.427 e. The Balaban J connectivity index is 1.76. The summed E-state index contributed by atoms with van der Waals surface area (Å²) in [5, 5.41) is 11.5. The van der Waals surface area contributed by atoms with Crippen LogP contribution >= 0.6 is 0 Å². The molecular weight excluding hydrogens is 617 g/mol. The standard InChI is InChI=1S/C26H25F7N2O7S/c1-24(2,26(31,32)33)42-23(38)34-14-5-8-20-19(9-14)35(12-21(41-20)16(11-22(36)37)13-3-4-13)43(39,40)15-6-7-18(27)17(10-15)25(28,29)30/h5-10,13,16,21H,3-4,11-12H2,1-2H3,(H,34,38)(H,36,37)/t16-,21+/m0/s1. The number of hydrogen-bond donors (Lipinski definition) is 2. The van der Waals surface area contributed by atoms with Crippen molar-refractivity contribution >= 4 is 33.5 Å². The van der Waals surface area contributed by atoms with Crippen molar-refractivity contribution in [3.63, 3.8) is 0 Å². The summed E-state index contributed by atoms with van der Waals surface area (Å²) in [5.41, 5.74) is -5.32. The minimum Gasteiger partial charge on any atom is -0.486 e. The summed E-state index contributed by atoms with van der Waals surface area (Å²) in [6.45, 7) is 0.636. The molecule has 1 aliphatic heterocycles. The van der Waals surface area contributed by atoms with Gasteiger partial charge in [-0.05, 0) is 69.0 Å². The number of nitrogens with zero attached hydrogens (tertiary/aromatic N) is 1. The van der Waals surface area contributed by atoms with E-state index in [2.05, 4.69) is 4.74 Å². The SMILES string of the molecule is CC(C)(OC(=O)Nc1ccc2c(c1)N(S(=O)(=O)c1ccc(F)c(C(F)(F)F)c1)C[C@H]([C@@H](CC(=O)O)C1CC1)O2)C(F)(F)F. The molecule has 4 rings (SSSR count). The lowest BCUT2D eigenvalue weighted by Gasteiger charge is -2.39. The van der Waals surface area contributed by atoms with E-state index < -0.39 is 81.3 Å². The fourth-order valence-corrected chi connectivity index (χ4v) is 6.08. The van der Waals surface area contributed by atoms with Crippen molar-refractivity contribution in [3.8, 4) is 5.75 Å². The van der Waals surface area contributed by atoms with Crippen LogP contribution in [0.5, 0.6) is 5.75 Å². The third kappa shape index (κ3) is 6.91. The molecule has 1 fully saturated rings. The Morgan fingerprint density at radius 3 is 2.30 bits per heavy atom. The number of sulfonamides is 1. The van der Waals surface area contributed by atoms with Gasteiger partial charge in [-0.3, -0.25) is 14.4 Å². The van der Waals surface area contributed by atoms with Crippen molar-refractivity contribution in [1.29, 1.82) is 0 Å². The van der Waals surface area contributed by atoms with Crippen molar-refractivity contribution in [1.82, 2.24) is 0 Å². The van der Waals surface area contributed by atoms with Crippen molar-refractivity contribution < 1.29 is 63.3 Å². The zero-order chi connectivity index (χ0) is 32.1. The molecule has 43 heavy (non-hydrogen) atoms. The molecule has 1 heterocycles. The van der Waals surface area contributed by atoms with E-state index in [1.807, 2.05) is 5.32 Å². The number of carbonyl (C=O) groups is 2. The van der Waals surface area contributed by atoms with Gasteiger partial charge in [-0.25, -0.2) is 17.6 Å². The minimum absolute atomic E-state index is 0.114. The van der Waals surface area contributed by atoms with Crippen LogP contribution in [0.3, 0.4) is 0 Å². The van der Waals surface area contributed by atoms with Gasteiger partial charge in [0.05, 0.1) is 29.1 Å². The maximum atomic E-state index is 14.0. The highest BCUT2D eigenvalue weighted by atomic mass is 32.2. The van der Waals surface area contributed by atoms with Crippen molar-refractivity contribution in [2.45, 2.75) is 62.1 Å². The Hall–Kier alpha value is -3.76. The van der Waals surface area contributed by atoms with Crippen LogP contribution in [-0.2, 0) is 25.7 Å². The van der Waals surface area contributed by atoms with Gasteiger partial charge in [-0.15, -0.1) is 0 Å². The number of aliphatic carboxylic acids is 1. The first-order valence-electron chi connectivity index (χ1n) is 12.7. The van der Waals surface area contributed by atoms with E-state index in [0.29, 0.717) is 43.1 Å². The second-order valence-electron chi connectivity index (χ2n) is 10.6. The number of nitrogens with one attached hydrogen (secondary N) is 1. The lowest BCUT2D eigenvalue weighted by molar-refractivity contribution is -0.242. The lowest BCUT2D eigenvalue weighted by atomic mass is 9.92. The fraction of sp³-hybridized carbons (Fsp3) is 0.462. The van der Waals surface area contributed by atoms with Crippen LogP contribution < -0.4 is 14.4 Å². The molecule has 0 unspecified atom stereocenters. The van der Waals surface area contributed by atoms with E-state index in [9.17, 15) is 53.8 Å². The summed E-state index contributed by atoms with van der Waals surface area (Å²) in [6.07, 6.45) is -11.9. The molecule has 17 heteroatoms. The first-order valence-corrected chi connectivity index (χ1v) is 14.1. The van der Waals surface area contributed by atoms with E-state index in [-0.39, 0.29) is 29.1 Å². The number of amides is 1. The number of halogens is 7. The van der Waals surface area contributed by atoms with Gasteiger partial charge in [-0.1, -0.05) is 0 Å². The van der Waals surface area contributed by atoms with Gasteiger partial charge < -0.3 is 14.6 Å². The molecule has 0 saturated heterocycles. The Bertz CT molecular complexity index is 1520. The van der Waals surface area contributed by atoms with E-state index in [0.717, 1.165) is 18.2 Å². The summed E-state index contributed by atoms with van der Waals surface area (Å²) >= 11 is 0. The predicted molar refractivity (Wildman–Crippen MR) is 135 cm³/mol. The molecule has 0 bridgehead atoms. The van der Waals surface area contributed by atoms with E-state index >= 15 is 0 Å². The summed E-state index contributed by atoms with van der Waals surface area (Å²) in [5.74, 6) is -3.87. The maximum Gasteiger partial charge on any atom is 0.427 e. The van der Waals surface area contributed by atoms with Crippen LogP contribution in [0.2, 0.25) is 0 Å². The molecule has 1 saturated carbocycles. The average Bonchev–Trinajstić information content (AvgIpc) is 3.70. The van der Waals surface area contributed by atoms with Crippen LogP contribution in [-0.4, -0.2) is 50.0 Å². The van der Waals surface area contributed by atoms with E-state index in [4.69, 9.17) is 4.74 Å². The third-order valence-corrected chi connectivity index (χ3v) is 8.85. The number of rotatable bonds is 8. The van der Waals surface area contributed by atoms with Crippen LogP contribution in [0.1, 0.15) is 38.7 Å². The van der Waals surface area contributed by atoms with E-state index in [1.54, 1.807) is 0 Å². The molecule has 1 aliphatic carbocycles. The predicted octanol–water partition coefficient (Wildman–Crippen LogP) is 6.19. The molecule has 2 aromatic carbocycles. The average molecular weight is 643 g/mol. The highest BCUT2D eigenvalue weighted by Crippen LogP contribution is 2.46. The Morgan fingerprint density at radius 2 is 1.74 bits per heavy atom. The quantitative estimate of drug-likeness (QED) is 0.329. The number of alkyl halides is 6. The number of carboxylic acids is 1. The Labute approximate surface area is 240 Å². The van der Waals surface area contributed by atoms with Gasteiger partial charge in [0.25, 0.3) is 10.0 Å². The zero-order valence-corrected chi connectivity index (χ0v) is 23.2. The zero-order valence-electron chi connectivity index (χ0n) is 22.4. The minimum atomic E-state index is -5.23. The molecule has 236 valence electrons. The molecule has 1 amide bonds. The van der Waals surface area contributed by atoms with Gasteiger partial charge in [0.15, 0.2) is 0 Å².